The van der Waals surface area contributed by atoms with Crippen LogP contribution in [-0.4, -0.2) is 9.97 Å². The Labute approximate surface area is 241 Å². The second-order valence-corrected chi connectivity index (χ2v) is 11.6. The van der Waals surface area contributed by atoms with E-state index in [-0.39, 0.29) is 0 Å². The van der Waals surface area contributed by atoms with Gasteiger partial charge in [0.25, 0.3) is 0 Å². The molecule has 0 unspecified atom stereocenters. The summed E-state index contributed by atoms with van der Waals surface area (Å²) < 4.78 is 2.64. The number of fused-ring (bicyclic) bond motifs is 12. The van der Waals surface area contributed by atoms with Crippen molar-refractivity contribution in [1.82, 2.24) is 9.97 Å². The van der Waals surface area contributed by atoms with Gasteiger partial charge < -0.3 is 0 Å². The topological polar surface area (TPSA) is 25.8 Å². The van der Waals surface area contributed by atoms with Gasteiger partial charge in [0.1, 0.15) is 0 Å². The molecule has 0 aliphatic heterocycles. The average molecular weight is 539 g/mol. The normalized spacial score (nSPS) is 11.9. The zero-order valence-corrected chi connectivity index (χ0v) is 22.8. The molecule has 0 fully saturated rings. The van der Waals surface area contributed by atoms with Gasteiger partial charge in [-0.2, -0.15) is 0 Å². The van der Waals surface area contributed by atoms with E-state index in [2.05, 4.69) is 126 Å². The molecule has 0 saturated heterocycles. The predicted molar refractivity (Wildman–Crippen MR) is 173 cm³/mol. The van der Waals surface area contributed by atoms with Crippen LogP contribution in [-0.2, 0) is 0 Å². The van der Waals surface area contributed by atoms with Gasteiger partial charge in [-0.15, -0.1) is 11.3 Å². The largest absolute Gasteiger partial charge is 0.237 e. The van der Waals surface area contributed by atoms with E-state index in [1.165, 1.54) is 59.1 Å². The molecule has 3 heteroatoms. The first-order valence-electron chi connectivity index (χ1n) is 13.8. The maximum absolute atomic E-state index is 5.20. The van der Waals surface area contributed by atoms with Crippen molar-refractivity contribution < 1.29 is 0 Å². The number of hydrogen-bond donors (Lipinski definition) is 0. The van der Waals surface area contributed by atoms with Gasteiger partial charge in [0.2, 0.25) is 0 Å². The lowest BCUT2D eigenvalue weighted by molar-refractivity contribution is 1.29. The van der Waals surface area contributed by atoms with Crippen LogP contribution in [0.4, 0.5) is 0 Å². The van der Waals surface area contributed by atoms with Crippen LogP contribution >= 0.6 is 11.3 Å². The highest BCUT2D eigenvalue weighted by Crippen LogP contribution is 2.51. The average Bonchev–Trinajstić information content (AvgIpc) is 3.42. The first-order valence-corrected chi connectivity index (χ1v) is 14.7. The molecule has 0 amide bonds. The van der Waals surface area contributed by atoms with Gasteiger partial charge in [0, 0.05) is 48.4 Å². The molecule has 8 aromatic rings. The number of aromatic nitrogens is 2. The molecule has 0 radical (unpaired) electrons. The van der Waals surface area contributed by atoms with E-state index in [0.717, 1.165) is 27.9 Å². The standard InChI is InChI=1S/C38H22N2S/c1-3-14-27-24(11-1)25-12-2-4-15-30(25)36-33(22-23-10-9-21-39-38(23)40-36)29-17-7-16-28(35(27)29)32-19-8-18-31-26-13-5-6-20-34(26)41-37(31)32/h1-22H. The number of benzene rings is 5. The van der Waals surface area contributed by atoms with E-state index >= 15 is 0 Å². The molecule has 0 atom stereocenters. The predicted octanol–water partition coefficient (Wildman–Crippen LogP) is 10.6. The fourth-order valence-electron chi connectivity index (χ4n) is 6.53. The molecule has 0 N–H and O–H groups in total. The van der Waals surface area contributed by atoms with Crippen LogP contribution < -0.4 is 0 Å². The summed E-state index contributed by atoms with van der Waals surface area (Å²) in [5, 5.41) is 3.67. The minimum absolute atomic E-state index is 0.766. The number of nitrogens with zero attached hydrogens (tertiary/aromatic N) is 2. The molecule has 0 spiro atoms. The van der Waals surface area contributed by atoms with Crippen molar-refractivity contribution in [3.05, 3.63) is 134 Å². The minimum atomic E-state index is 0.766. The molecular weight excluding hydrogens is 516 g/mol. The Bertz CT molecular complexity index is 2330. The van der Waals surface area contributed by atoms with Gasteiger partial charge in [-0.1, -0.05) is 103 Å². The fraction of sp³-hybridized carbons (Fsp3) is 0. The Kier molecular flexibility index (Phi) is 4.80. The molecule has 2 nitrogen and oxygen atoms in total. The van der Waals surface area contributed by atoms with Crippen LogP contribution in [0.5, 0.6) is 0 Å². The third-order valence-electron chi connectivity index (χ3n) is 8.31. The molecule has 5 aromatic carbocycles. The van der Waals surface area contributed by atoms with E-state index in [1.54, 1.807) is 0 Å². The lowest BCUT2D eigenvalue weighted by Gasteiger charge is -2.25. The van der Waals surface area contributed by atoms with Crippen molar-refractivity contribution in [2.24, 2.45) is 0 Å². The van der Waals surface area contributed by atoms with Gasteiger partial charge in [0.05, 0.1) is 5.69 Å². The van der Waals surface area contributed by atoms with Crippen molar-refractivity contribution in [2.45, 2.75) is 0 Å². The maximum atomic E-state index is 5.20. The molecule has 0 saturated carbocycles. The van der Waals surface area contributed by atoms with Gasteiger partial charge in [-0.05, 0) is 57.6 Å². The van der Waals surface area contributed by atoms with Crippen molar-refractivity contribution in [2.75, 3.05) is 0 Å². The summed E-state index contributed by atoms with van der Waals surface area (Å²) in [4.78, 5) is 9.83. The number of rotatable bonds is 1. The molecule has 3 aromatic heterocycles. The molecular formula is C38H22N2S. The lowest BCUT2D eigenvalue weighted by Crippen LogP contribution is -2.01. The molecule has 190 valence electrons. The smallest absolute Gasteiger partial charge is 0.159 e. The SMILES string of the molecule is c1ccc2c(c1)-c1ccccc1-c1c(cccc1-c1cccc3c1sc1ccccc13)-c1cc3cccnc3nc1-2. The molecule has 0 bridgehead atoms. The maximum Gasteiger partial charge on any atom is 0.159 e. The highest BCUT2D eigenvalue weighted by molar-refractivity contribution is 7.26. The third kappa shape index (κ3) is 3.30. The highest BCUT2D eigenvalue weighted by Gasteiger charge is 2.26. The van der Waals surface area contributed by atoms with Crippen LogP contribution in [0.25, 0.3) is 87.0 Å². The molecule has 9 rings (SSSR count). The zero-order valence-electron chi connectivity index (χ0n) is 22.0. The van der Waals surface area contributed by atoms with E-state index in [9.17, 15) is 0 Å². The molecule has 1 aliphatic rings. The first kappa shape index (κ1) is 22.7. The second-order valence-electron chi connectivity index (χ2n) is 10.5. The second kappa shape index (κ2) is 8.69. The highest BCUT2D eigenvalue weighted by atomic mass is 32.1. The van der Waals surface area contributed by atoms with Crippen LogP contribution in [0.15, 0.2) is 134 Å². The third-order valence-corrected chi connectivity index (χ3v) is 9.53. The Balaban J connectivity index is 1.46. The molecule has 1 aliphatic carbocycles. The summed E-state index contributed by atoms with van der Waals surface area (Å²) in [7, 11) is 0. The number of thiophene rings is 1. The summed E-state index contributed by atoms with van der Waals surface area (Å²) in [5.74, 6) is 0. The number of pyridine rings is 2. The Hall–Kier alpha value is -5.12. The van der Waals surface area contributed by atoms with Crippen LogP contribution in [0, 0.1) is 0 Å². The van der Waals surface area contributed by atoms with E-state index in [1.807, 2.05) is 23.6 Å². The van der Waals surface area contributed by atoms with Gasteiger partial charge in [-0.3, -0.25) is 0 Å². The van der Waals surface area contributed by atoms with E-state index in [4.69, 9.17) is 4.98 Å². The van der Waals surface area contributed by atoms with Crippen LogP contribution in [0.1, 0.15) is 0 Å². The summed E-state index contributed by atoms with van der Waals surface area (Å²) in [5.41, 5.74) is 12.6. The van der Waals surface area contributed by atoms with Crippen molar-refractivity contribution in [3.63, 3.8) is 0 Å². The monoisotopic (exact) mass is 538 g/mol. The molecule has 41 heavy (non-hydrogen) atoms. The van der Waals surface area contributed by atoms with E-state index < -0.39 is 0 Å². The van der Waals surface area contributed by atoms with E-state index in [0.29, 0.717) is 0 Å². The molecule has 3 heterocycles. The zero-order chi connectivity index (χ0) is 26.9. The van der Waals surface area contributed by atoms with Crippen LogP contribution in [0.3, 0.4) is 0 Å². The quantitative estimate of drug-likeness (QED) is 0.208. The van der Waals surface area contributed by atoms with Crippen LogP contribution in [0.2, 0.25) is 0 Å². The number of hydrogen-bond acceptors (Lipinski definition) is 3. The van der Waals surface area contributed by atoms with Gasteiger partial charge in [-0.25, -0.2) is 9.97 Å². The Morgan fingerprint density at radius 3 is 1.98 bits per heavy atom. The van der Waals surface area contributed by atoms with Gasteiger partial charge in [0.15, 0.2) is 5.65 Å². The Morgan fingerprint density at radius 1 is 0.463 bits per heavy atom. The first-order chi connectivity index (χ1) is 20.3. The summed E-state index contributed by atoms with van der Waals surface area (Å²) >= 11 is 1.88. The summed E-state index contributed by atoms with van der Waals surface area (Å²) in [6.07, 6.45) is 1.82. The minimum Gasteiger partial charge on any atom is -0.237 e. The Morgan fingerprint density at radius 2 is 1.10 bits per heavy atom. The lowest BCUT2D eigenvalue weighted by atomic mass is 9.79. The van der Waals surface area contributed by atoms with Crippen molar-refractivity contribution in [3.8, 4) is 55.8 Å². The summed E-state index contributed by atoms with van der Waals surface area (Å²) in [6.45, 7) is 0. The van der Waals surface area contributed by atoms with Crippen molar-refractivity contribution >= 4 is 42.5 Å². The van der Waals surface area contributed by atoms with Gasteiger partial charge >= 0.3 is 0 Å². The van der Waals surface area contributed by atoms with Crippen molar-refractivity contribution in [1.29, 1.82) is 0 Å². The summed E-state index contributed by atoms with van der Waals surface area (Å²) in [6, 6.07) is 46.1. The fourth-order valence-corrected chi connectivity index (χ4v) is 7.76.